The zero-order valence-corrected chi connectivity index (χ0v) is 16.1. The zero-order chi connectivity index (χ0) is 21.5. The van der Waals surface area contributed by atoms with E-state index >= 15 is 0 Å². The molecule has 0 spiro atoms. The molecular formula is C22H19N3O5. The first-order chi connectivity index (χ1) is 14.5. The number of non-ortho nitro benzene ring substituents is 1. The largest absolute Gasteiger partial charge is 0.497 e. The van der Waals surface area contributed by atoms with E-state index in [1.165, 1.54) is 24.3 Å². The van der Waals surface area contributed by atoms with Crippen molar-refractivity contribution in [2.24, 2.45) is 0 Å². The van der Waals surface area contributed by atoms with Crippen LogP contribution in [0.2, 0.25) is 0 Å². The summed E-state index contributed by atoms with van der Waals surface area (Å²) in [7, 11) is 1.58. The molecule has 0 unspecified atom stereocenters. The number of ether oxygens (including phenoxy) is 1. The van der Waals surface area contributed by atoms with Crippen molar-refractivity contribution in [2.45, 2.75) is 6.54 Å². The molecule has 2 amide bonds. The van der Waals surface area contributed by atoms with Gasteiger partial charge < -0.3 is 15.4 Å². The van der Waals surface area contributed by atoms with Crippen LogP contribution in [-0.2, 0) is 6.54 Å². The number of benzene rings is 3. The van der Waals surface area contributed by atoms with Gasteiger partial charge in [0.05, 0.1) is 23.3 Å². The van der Waals surface area contributed by atoms with Crippen LogP contribution >= 0.6 is 0 Å². The van der Waals surface area contributed by atoms with Gasteiger partial charge in [0.25, 0.3) is 17.5 Å². The molecule has 0 fully saturated rings. The van der Waals surface area contributed by atoms with E-state index in [0.29, 0.717) is 17.8 Å². The molecule has 0 bridgehead atoms. The van der Waals surface area contributed by atoms with Crippen LogP contribution < -0.4 is 15.4 Å². The van der Waals surface area contributed by atoms with Crippen LogP contribution in [0.4, 0.5) is 11.4 Å². The lowest BCUT2D eigenvalue weighted by Gasteiger charge is -2.12. The van der Waals surface area contributed by atoms with E-state index in [9.17, 15) is 19.7 Å². The lowest BCUT2D eigenvalue weighted by atomic mass is 10.1. The minimum atomic E-state index is -0.538. The Hall–Kier alpha value is -4.20. The molecule has 0 atom stereocenters. The summed E-state index contributed by atoms with van der Waals surface area (Å²) in [6, 6.07) is 19.2. The predicted octanol–water partition coefficient (Wildman–Crippen LogP) is 3.79. The molecule has 0 saturated carbocycles. The first-order valence-electron chi connectivity index (χ1n) is 9.04. The van der Waals surface area contributed by atoms with Gasteiger partial charge in [-0.25, -0.2) is 0 Å². The number of para-hydroxylation sites is 1. The Bertz CT molecular complexity index is 1060. The summed E-state index contributed by atoms with van der Waals surface area (Å²) in [4.78, 5) is 35.3. The van der Waals surface area contributed by atoms with Crippen molar-refractivity contribution in [3.63, 3.8) is 0 Å². The number of anilines is 1. The topological polar surface area (TPSA) is 111 Å². The molecule has 3 rings (SSSR count). The Morgan fingerprint density at radius 2 is 1.60 bits per heavy atom. The van der Waals surface area contributed by atoms with E-state index in [0.717, 1.165) is 11.3 Å². The van der Waals surface area contributed by atoms with Gasteiger partial charge >= 0.3 is 0 Å². The molecule has 8 heteroatoms. The molecule has 0 aliphatic heterocycles. The maximum Gasteiger partial charge on any atom is 0.269 e. The molecule has 3 aromatic rings. The third-order valence-electron chi connectivity index (χ3n) is 4.37. The van der Waals surface area contributed by atoms with E-state index in [2.05, 4.69) is 10.6 Å². The zero-order valence-electron chi connectivity index (χ0n) is 16.1. The van der Waals surface area contributed by atoms with Crippen LogP contribution in [0.15, 0.2) is 72.8 Å². The maximum atomic E-state index is 12.6. The van der Waals surface area contributed by atoms with Gasteiger partial charge in [-0.05, 0) is 42.0 Å². The molecule has 0 radical (unpaired) electrons. The minimum Gasteiger partial charge on any atom is -0.497 e. The molecule has 0 aromatic heterocycles. The summed E-state index contributed by atoms with van der Waals surface area (Å²) in [5.41, 5.74) is 1.69. The summed E-state index contributed by atoms with van der Waals surface area (Å²) in [5, 5.41) is 16.2. The molecule has 0 saturated heterocycles. The first-order valence-corrected chi connectivity index (χ1v) is 9.04. The summed E-state index contributed by atoms with van der Waals surface area (Å²) in [6.45, 7) is 0.313. The Labute approximate surface area is 172 Å². The third-order valence-corrected chi connectivity index (χ3v) is 4.37. The second kappa shape index (κ2) is 9.33. The molecule has 0 aliphatic carbocycles. The van der Waals surface area contributed by atoms with Crippen molar-refractivity contribution in [3.05, 3.63) is 99.6 Å². The van der Waals surface area contributed by atoms with Gasteiger partial charge in [0.1, 0.15) is 5.75 Å². The monoisotopic (exact) mass is 405 g/mol. The smallest absolute Gasteiger partial charge is 0.269 e. The Morgan fingerprint density at radius 3 is 2.23 bits per heavy atom. The molecule has 30 heavy (non-hydrogen) atoms. The van der Waals surface area contributed by atoms with Gasteiger partial charge in [-0.3, -0.25) is 19.7 Å². The number of carbonyl (C=O) groups is 2. The second-order valence-corrected chi connectivity index (χ2v) is 6.33. The average molecular weight is 405 g/mol. The Kier molecular flexibility index (Phi) is 6.39. The van der Waals surface area contributed by atoms with Gasteiger partial charge in [0, 0.05) is 24.2 Å². The Balaban J connectivity index is 1.69. The number of methoxy groups -OCH3 is 1. The highest BCUT2D eigenvalue weighted by Crippen LogP contribution is 2.18. The SMILES string of the molecule is COc1ccc(CNC(=O)c2ccccc2NC(=O)c2ccc([N+](=O)[O-])cc2)cc1. The van der Waals surface area contributed by atoms with Crippen molar-refractivity contribution >= 4 is 23.2 Å². The van der Waals surface area contributed by atoms with E-state index in [4.69, 9.17) is 4.74 Å². The van der Waals surface area contributed by atoms with Gasteiger partial charge in [-0.1, -0.05) is 24.3 Å². The molecule has 152 valence electrons. The van der Waals surface area contributed by atoms with Gasteiger partial charge in [0.15, 0.2) is 0 Å². The minimum absolute atomic E-state index is 0.107. The fourth-order valence-corrected chi connectivity index (χ4v) is 2.74. The van der Waals surface area contributed by atoms with Gasteiger partial charge in [0.2, 0.25) is 0 Å². The van der Waals surface area contributed by atoms with Gasteiger partial charge in [-0.2, -0.15) is 0 Å². The quantitative estimate of drug-likeness (QED) is 0.459. The fourth-order valence-electron chi connectivity index (χ4n) is 2.74. The van der Waals surface area contributed by atoms with E-state index < -0.39 is 10.8 Å². The van der Waals surface area contributed by atoms with Crippen LogP contribution in [0, 0.1) is 10.1 Å². The molecular weight excluding hydrogens is 386 g/mol. The standard InChI is InChI=1S/C22H19N3O5/c1-30-18-12-6-15(7-13-18)14-23-22(27)19-4-2-3-5-20(19)24-21(26)16-8-10-17(11-9-16)25(28)29/h2-13H,14H2,1H3,(H,23,27)(H,24,26). The molecule has 0 heterocycles. The van der Waals surface area contributed by atoms with Crippen molar-refractivity contribution in [1.29, 1.82) is 0 Å². The van der Waals surface area contributed by atoms with E-state index in [-0.39, 0.29) is 17.2 Å². The summed E-state index contributed by atoms with van der Waals surface area (Å²) in [6.07, 6.45) is 0. The maximum absolute atomic E-state index is 12.6. The molecule has 8 nitrogen and oxygen atoms in total. The van der Waals surface area contributed by atoms with Gasteiger partial charge in [-0.15, -0.1) is 0 Å². The van der Waals surface area contributed by atoms with Crippen molar-refractivity contribution < 1.29 is 19.2 Å². The summed E-state index contributed by atoms with van der Waals surface area (Å²) < 4.78 is 5.11. The number of nitrogens with one attached hydrogen (secondary N) is 2. The highest BCUT2D eigenvalue weighted by molar-refractivity contribution is 6.09. The predicted molar refractivity (Wildman–Crippen MR) is 112 cm³/mol. The normalized spacial score (nSPS) is 10.2. The van der Waals surface area contributed by atoms with Crippen molar-refractivity contribution in [3.8, 4) is 5.75 Å². The highest BCUT2D eigenvalue weighted by Gasteiger charge is 2.15. The Morgan fingerprint density at radius 1 is 0.933 bits per heavy atom. The van der Waals surface area contributed by atoms with Crippen LogP contribution in [-0.4, -0.2) is 23.8 Å². The lowest BCUT2D eigenvalue weighted by molar-refractivity contribution is -0.384. The average Bonchev–Trinajstić information content (AvgIpc) is 2.78. The molecule has 3 aromatic carbocycles. The highest BCUT2D eigenvalue weighted by atomic mass is 16.6. The second-order valence-electron chi connectivity index (χ2n) is 6.33. The van der Waals surface area contributed by atoms with Crippen LogP contribution in [0.1, 0.15) is 26.3 Å². The third kappa shape index (κ3) is 4.99. The van der Waals surface area contributed by atoms with Crippen LogP contribution in [0.25, 0.3) is 0 Å². The fraction of sp³-hybridized carbons (Fsp3) is 0.0909. The lowest BCUT2D eigenvalue weighted by Crippen LogP contribution is -2.24. The van der Waals surface area contributed by atoms with Crippen molar-refractivity contribution in [1.82, 2.24) is 5.32 Å². The first kappa shape index (κ1) is 20.5. The number of hydrogen-bond donors (Lipinski definition) is 2. The van der Waals surface area contributed by atoms with E-state index in [1.54, 1.807) is 43.5 Å². The van der Waals surface area contributed by atoms with Crippen molar-refractivity contribution in [2.75, 3.05) is 12.4 Å². The number of rotatable bonds is 7. The van der Waals surface area contributed by atoms with Crippen LogP contribution in [0.5, 0.6) is 5.75 Å². The van der Waals surface area contributed by atoms with Crippen LogP contribution in [0.3, 0.4) is 0 Å². The number of hydrogen-bond acceptors (Lipinski definition) is 5. The number of nitro groups is 1. The number of amides is 2. The number of nitrogens with zero attached hydrogens (tertiary/aromatic N) is 1. The molecule has 2 N–H and O–H groups in total. The summed E-state index contributed by atoms with van der Waals surface area (Å²) in [5.74, 6) is -0.0879. The number of nitro benzene ring substituents is 1. The van der Waals surface area contributed by atoms with E-state index in [1.807, 2.05) is 12.1 Å². The molecule has 0 aliphatic rings. The number of carbonyl (C=O) groups excluding carboxylic acids is 2. The summed E-state index contributed by atoms with van der Waals surface area (Å²) >= 11 is 0.